The maximum absolute atomic E-state index is 13.2. The van der Waals surface area contributed by atoms with Crippen LogP contribution in [0.3, 0.4) is 0 Å². The third-order valence-electron chi connectivity index (χ3n) is 3.27. The topological polar surface area (TPSA) is 29.5 Å². The van der Waals surface area contributed by atoms with E-state index in [2.05, 4.69) is 0 Å². The molecule has 2 aromatic carbocycles. The van der Waals surface area contributed by atoms with Gasteiger partial charge < -0.3 is 9.64 Å². The van der Waals surface area contributed by atoms with Crippen LogP contribution in [0.4, 0.5) is 4.39 Å². The van der Waals surface area contributed by atoms with Crippen molar-refractivity contribution in [3.8, 4) is 5.75 Å². The summed E-state index contributed by atoms with van der Waals surface area (Å²) < 4.78 is 18.3. The van der Waals surface area contributed by atoms with Crippen molar-refractivity contribution in [2.24, 2.45) is 0 Å². The summed E-state index contributed by atoms with van der Waals surface area (Å²) in [5.74, 6) is 0.201. The zero-order valence-electron chi connectivity index (χ0n) is 12.2. The number of carbonyl (C=O) groups excluding carboxylic acids is 1. The van der Waals surface area contributed by atoms with E-state index in [4.69, 9.17) is 4.74 Å². The van der Waals surface area contributed by atoms with Crippen molar-refractivity contribution in [1.82, 2.24) is 4.90 Å². The van der Waals surface area contributed by atoms with E-state index < -0.39 is 5.82 Å². The minimum Gasteiger partial charge on any atom is -0.497 e. The monoisotopic (exact) mass is 287 g/mol. The predicted octanol–water partition coefficient (Wildman–Crippen LogP) is 3.50. The maximum Gasteiger partial charge on any atom is 0.254 e. The summed E-state index contributed by atoms with van der Waals surface area (Å²) in [4.78, 5) is 14.1. The number of halogens is 1. The Hall–Kier alpha value is -2.36. The fourth-order valence-electron chi connectivity index (χ4n) is 2.08. The van der Waals surface area contributed by atoms with Gasteiger partial charge in [0.2, 0.25) is 0 Å². The summed E-state index contributed by atoms with van der Waals surface area (Å²) in [5, 5.41) is 0. The molecular formula is C17H18FNO2. The number of hydrogen-bond donors (Lipinski definition) is 0. The molecule has 1 amide bonds. The number of methoxy groups -OCH3 is 1. The van der Waals surface area contributed by atoms with E-state index in [9.17, 15) is 9.18 Å². The van der Waals surface area contributed by atoms with E-state index in [1.807, 2.05) is 31.2 Å². The van der Waals surface area contributed by atoms with Gasteiger partial charge in [-0.3, -0.25) is 4.79 Å². The van der Waals surface area contributed by atoms with Crippen molar-refractivity contribution in [2.45, 2.75) is 13.5 Å². The minimum absolute atomic E-state index is 0.173. The van der Waals surface area contributed by atoms with Gasteiger partial charge in [0, 0.05) is 18.7 Å². The summed E-state index contributed by atoms with van der Waals surface area (Å²) >= 11 is 0. The standard InChI is InChI=1S/C17H18FNO2/c1-3-19(12-13-7-9-16(21-2)10-8-13)17(20)14-5-4-6-15(18)11-14/h4-11H,3,12H2,1-2H3. The molecule has 0 saturated carbocycles. The number of rotatable bonds is 5. The van der Waals surface area contributed by atoms with E-state index in [1.165, 1.54) is 12.1 Å². The van der Waals surface area contributed by atoms with Gasteiger partial charge in [0.15, 0.2) is 0 Å². The molecule has 0 spiro atoms. The molecule has 0 heterocycles. The van der Waals surface area contributed by atoms with Crippen LogP contribution in [0, 0.1) is 5.82 Å². The van der Waals surface area contributed by atoms with E-state index in [-0.39, 0.29) is 5.91 Å². The molecule has 0 N–H and O–H groups in total. The molecular weight excluding hydrogens is 269 g/mol. The summed E-state index contributed by atoms with van der Waals surface area (Å²) in [7, 11) is 1.61. The van der Waals surface area contributed by atoms with Crippen LogP contribution >= 0.6 is 0 Å². The molecule has 21 heavy (non-hydrogen) atoms. The van der Waals surface area contributed by atoms with Crippen LogP contribution in [0.15, 0.2) is 48.5 Å². The lowest BCUT2D eigenvalue weighted by molar-refractivity contribution is 0.0752. The number of nitrogens with zero attached hydrogens (tertiary/aromatic N) is 1. The van der Waals surface area contributed by atoms with Gasteiger partial charge in [-0.25, -0.2) is 4.39 Å². The molecule has 0 bridgehead atoms. The second-order valence-corrected chi connectivity index (χ2v) is 4.68. The highest BCUT2D eigenvalue weighted by Crippen LogP contribution is 2.15. The average molecular weight is 287 g/mol. The van der Waals surface area contributed by atoms with Crippen molar-refractivity contribution < 1.29 is 13.9 Å². The van der Waals surface area contributed by atoms with Crippen LogP contribution in [0.2, 0.25) is 0 Å². The Kier molecular flexibility index (Phi) is 4.93. The lowest BCUT2D eigenvalue weighted by atomic mass is 10.1. The zero-order valence-corrected chi connectivity index (χ0v) is 12.2. The number of hydrogen-bond acceptors (Lipinski definition) is 2. The van der Waals surface area contributed by atoms with Gasteiger partial charge in [-0.15, -0.1) is 0 Å². The molecule has 0 aromatic heterocycles. The molecule has 0 aliphatic carbocycles. The Morgan fingerprint density at radius 3 is 2.48 bits per heavy atom. The van der Waals surface area contributed by atoms with Gasteiger partial charge in [-0.05, 0) is 42.8 Å². The minimum atomic E-state index is -0.402. The molecule has 2 aromatic rings. The quantitative estimate of drug-likeness (QED) is 0.842. The van der Waals surface area contributed by atoms with Gasteiger partial charge in [0.25, 0.3) is 5.91 Å². The Morgan fingerprint density at radius 2 is 1.90 bits per heavy atom. The Morgan fingerprint density at radius 1 is 1.19 bits per heavy atom. The molecule has 0 aliphatic rings. The SMILES string of the molecule is CCN(Cc1ccc(OC)cc1)C(=O)c1cccc(F)c1. The van der Waals surface area contributed by atoms with Gasteiger partial charge in [0.05, 0.1) is 7.11 Å². The molecule has 110 valence electrons. The van der Waals surface area contributed by atoms with Crippen LogP contribution in [-0.4, -0.2) is 24.5 Å². The van der Waals surface area contributed by atoms with Crippen molar-refractivity contribution >= 4 is 5.91 Å². The first-order valence-corrected chi connectivity index (χ1v) is 6.81. The molecule has 0 fully saturated rings. The lowest BCUT2D eigenvalue weighted by Gasteiger charge is -2.21. The summed E-state index contributed by atoms with van der Waals surface area (Å²) in [5.41, 5.74) is 1.37. The first-order chi connectivity index (χ1) is 10.1. The highest BCUT2D eigenvalue weighted by atomic mass is 19.1. The molecule has 0 atom stereocenters. The largest absolute Gasteiger partial charge is 0.497 e. The second-order valence-electron chi connectivity index (χ2n) is 4.68. The van der Waals surface area contributed by atoms with Crippen molar-refractivity contribution in [3.05, 3.63) is 65.5 Å². The number of ether oxygens (including phenoxy) is 1. The molecule has 3 nitrogen and oxygen atoms in total. The van der Waals surface area contributed by atoms with E-state index >= 15 is 0 Å². The van der Waals surface area contributed by atoms with Crippen LogP contribution in [0.1, 0.15) is 22.8 Å². The highest BCUT2D eigenvalue weighted by molar-refractivity contribution is 5.94. The van der Waals surface area contributed by atoms with Gasteiger partial charge in [-0.2, -0.15) is 0 Å². The van der Waals surface area contributed by atoms with Gasteiger partial charge in [0.1, 0.15) is 11.6 Å². The average Bonchev–Trinajstić information content (AvgIpc) is 2.52. The number of benzene rings is 2. The lowest BCUT2D eigenvalue weighted by Crippen LogP contribution is -2.30. The van der Waals surface area contributed by atoms with Crippen molar-refractivity contribution in [3.63, 3.8) is 0 Å². The molecule has 0 radical (unpaired) electrons. The third kappa shape index (κ3) is 3.81. The summed E-state index contributed by atoms with van der Waals surface area (Å²) in [6.45, 7) is 2.94. The normalized spacial score (nSPS) is 10.2. The van der Waals surface area contributed by atoms with Crippen molar-refractivity contribution in [2.75, 3.05) is 13.7 Å². The van der Waals surface area contributed by atoms with Crippen LogP contribution in [-0.2, 0) is 6.54 Å². The Labute approximate surface area is 124 Å². The molecule has 0 unspecified atom stereocenters. The smallest absolute Gasteiger partial charge is 0.254 e. The zero-order chi connectivity index (χ0) is 15.2. The highest BCUT2D eigenvalue weighted by Gasteiger charge is 2.15. The third-order valence-corrected chi connectivity index (χ3v) is 3.27. The molecule has 2 rings (SSSR count). The predicted molar refractivity (Wildman–Crippen MR) is 79.8 cm³/mol. The van der Waals surface area contributed by atoms with Crippen LogP contribution < -0.4 is 4.74 Å². The van der Waals surface area contributed by atoms with Gasteiger partial charge in [-0.1, -0.05) is 18.2 Å². The summed E-state index contributed by atoms with van der Waals surface area (Å²) in [6.07, 6.45) is 0. The van der Waals surface area contributed by atoms with Gasteiger partial charge >= 0.3 is 0 Å². The molecule has 0 aliphatic heterocycles. The van der Waals surface area contributed by atoms with E-state index in [1.54, 1.807) is 24.1 Å². The second kappa shape index (κ2) is 6.88. The first-order valence-electron chi connectivity index (χ1n) is 6.81. The number of carbonyl (C=O) groups is 1. The Bertz CT molecular complexity index is 610. The fourth-order valence-corrected chi connectivity index (χ4v) is 2.08. The van der Waals surface area contributed by atoms with Crippen LogP contribution in [0.25, 0.3) is 0 Å². The molecule has 0 saturated heterocycles. The van der Waals surface area contributed by atoms with Crippen LogP contribution in [0.5, 0.6) is 5.75 Å². The van der Waals surface area contributed by atoms with E-state index in [0.29, 0.717) is 18.7 Å². The molecule has 4 heteroatoms. The fraction of sp³-hybridized carbons (Fsp3) is 0.235. The maximum atomic E-state index is 13.2. The Balaban J connectivity index is 2.13. The first kappa shape index (κ1) is 15.0. The van der Waals surface area contributed by atoms with E-state index in [0.717, 1.165) is 11.3 Å². The number of amides is 1. The summed E-state index contributed by atoms with van der Waals surface area (Å²) in [6, 6.07) is 13.3. The van der Waals surface area contributed by atoms with Crippen molar-refractivity contribution in [1.29, 1.82) is 0 Å².